The monoisotopic (exact) mass is 215 g/mol. The van der Waals surface area contributed by atoms with Crippen molar-refractivity contribution in [1.29, 1.82) is 0 Å². The Hall–Kier alpha value is -0.590. The molecule has 0 aliphatic carbocycles. The molecule has 1 saturated heterocycles. The fraction of sp³-hybridized carbons (Fsp3) is 0.750. The molecule has 1 aromatic heterocycles. The molecule has 2 unspecified atom stereocenters. The summed E-state index contributed by atoms with van der Waals surface area (Å²) in [5.74, 6) is 3.53. The molecule has 2 atom stereocenters. The van der Waals surface area contributed by atoms with Crippen molar-refractivity contribution in [2.24, 2.45) is 5.73 Å². The zero-order valence-electron chi connectivity index (χ0n) is 7.88. The van der Waals surface area contributed by atoms with E-state index in [0.29, 0.717) is 11.8 Å². The molecule has 1 fully saturated rings. The number of aliphatic hydroxyl groups excluding tert-OH is 1. The normalized spacial score (nSPS) is 21.6. The van der Waals surface area contributed by atoms with E-state index in [4.69, 9.17) is 10.3 Å². The number of nitrogens with two attached hydrogens (primary N) is 1. The molecule has 3 N–H and O–H groups in total. The first-order valence-electron chi connectivity index (χ1n) is 4.53. The highest BCUT2D eigenvalue weighted by Crippen LogP contribution is 2.32. The number of aliphatic hydroxyl groups is 1. The van der Waals surface area contributed by atoms with Crippen LogP contribution in [0.25, 0.3) is 0 Å². The van der Waals surface area contributed by atoms with Crippen molar-refractivity contribution in [3.05, 3.63) is 11.7 Å². The summed E-state index contributed by atoms with van der Waals surface area (Å²) in [6, 6.07) is -0.580. The molecule has 2 rings (SSSR count). The molecule has 78 valence electrons. The average molecular weight is 215 g/mol. The van der Waals surface area contributed by atoms with Crippen molar-refractivity contribution in [2.75, 3.05) is 11.5 Å². The zero-order valence-corrected chi connectivity index (χ0v) is 8.70. The number of nitrogens with zero attached hydrogens (tertiary/aromatic N) is 2. The number of aromatic nitrogens is 2. The second kappa shape index (κ2) is 3.88. The van der Waals surface area contributed by atoms with Gasteiger partial charge in [0.15, 0.2) is 5.82 Å². The van der Waals surface area contributed by atoms with E-state index in [1.165, 1.54) is 0 Å². The number of rotatable bonds is 3. The minimum atomic E-state index is -0.668. The summed E-state index contributed by atoms with van der Waals surface area (Å²) in [7, 11) is 0. The molecule has 6 heteroatoms. The van der Waals surface area contributed by atoms with Gasteiger partial charge in [-0.2, -0.15) is 16.7 Å². The molecule has 0 saturated carbocycles. The van der Waals surface area contributed by atoms with Crippen LogP contribution in [0.4, 0.5) is 0 Å². The SMILES string of the molecule is CC(O)C(N)c1nc(C2CSC2)no1. The molecule has 5 nitrogen and oxygen atoms in total. The summed E-state index contributed by atoms with van der Waals surface area (Å²) in [4.78, 5) is 4.18. The molecule has 14 heavy (non-hydrogen) atoms. The van der Waals surface area contributed by atoms with E-state index in [9.17, 15) is 5.11 Å². The fourth-order valence-corrected chi connectivity index (χ4v) is 1.91. The second-order valence-electron chi connectivity index (χ2n) is 3.49. The van der Waals surface area contributed by atoms with E-state index < -0.39 is 12.1 Å². The third-order valence-corrected chi connectivity index (χ3v) is 3.54. The van der Waals surface area contributed by atoms with E-state index in [1.807, 2.05) is 11.8 Å². The van der Waals surface area contributed by atoms with Crippen molar-refractivity contribution in [2.45, 2.75) is 25.0 Å². The second-order valence-corrected chi connectivity index (χ2v) is 4.57. The Morgan fingerprint density at radius 2 is 2.36 bits per heavy atom. The lowest BCUT2D eigenvalue weighted by Gasteiger charge is -2.20. The molecular formula is C8H13N3O2S. The number of thioether (sulfide) groups is 1. The molecule has 0 aromatic carbocycles. The van der Waals surface area contributed by atoms with Gasteiger partial charge in [-0.3, -0.25) is 0 Å². The first-order chi connectivity index (χ1) is 6.68. The van der Waals surface area contributed by atoms with Gasteiger partial charge in [0.25, 0.3) is 0 Å². The molecule has 0 spiro atoms. The number of hydrogen-bond donors (Lipinski definition) is 2. The van der Waals surface area contributed by atoms with Crippen LogP contribution in [0.2, 0.25) is 0 Å². The van der Waals surface area contributed by atoms with Crippen LogP contribution >= 0.6 is 11.8 Å². The highest BCUT2D eigenvalue weighted by atomic mass is 32.2. The van der Waals surface area contributed by atoms with Crippen molar-refractivity contribution in [1.82, 2.24) is 10.1 Å². The lowest BCUT2D eigenvalue weighted by molar-refractivity contribution is 0.146. The topological polar surface area (TPSA) is 85.2 Å². The van der Waals surface area contributed by atoms with E-state index in [0.717, 1.165) is 17.3 Å². The van der Waals surface area contributed by atoms with Crippen molar-refractivity contribution < 1.29 is 9.63 Å². The van der Waals surface area contributed by atoms with Crippen molar-refractivity contribution >= 4 is 11.8 Å². The van der Waals surface area contributed by atoms with Gasteiger partial charge >= 0.3 is 0 Å². The molecular weight excluding hydrogens is 202 g/mol. The van der Waals surface area contributed by atoms with E-state index >= 15 is 0 Å². The molecule has 2 heterocycles. The molecule has 1 aliphatic rings. The Bertz CT molecular complexity index is 311. The van der Waals surface area contributed by atoms with Gasteiger partial charge in [0.1, 0.15) is 6.04 Å². The minimum Gasteiger partial charge on any atom is -0.391 e. The van der Waals surface area contributed by atoms with E-state index in [-0.39, 0.29) is 0 Å². The van der Waals surface area contributed by atoms with Gasteiger partial charge in [0.2, 0.25) is 5.89 Å². The predicted molar refractivity (Wildman–Crippen MR) is 53.0 cm³/mol. The van der Waals surface area contributed by atoms with Gasteiger partial charge in [-0.15, -0.1) is 0 Å². The van der Waals surface area contributed by atoms with Gasteiger partial charge in [0.05, 0.1) is 6.10 Å². The van der Waals surface area contributed by atoms with Crippen LogP contribution in [0.15, 0.2) is 4.52 Å². The van der Waals surface area contributed by atoms with Crippen LogP contribution in [0.3, 0.4) is 0 Å². The smallest absolute Gasteiger partial charge is 0.246 e. The van der Waals surface area contributed by atoms with Gasteiger partial charge in [-0.25, -0.2) is 0 Å². The van der Waals surface area contributed by atoms with Crippen LogP contribution in [0, 0.1) is 0 Å². The maximum Gasteiger partial charge on any atom is 0.246 e. The molecule has 1 aliphatic heterocycles. The first-order valence-corrected chi connectivity index (χ1v) is 5.69. The minimum absolute atomic E-state index is 0.326. The average Bonchev–Trinajstić information content (AvgIpc) is 2.48. The third-order valence-electron chi connectivity index (χ3n) is 2.27. The molecule has 1 aromatic rings. The van der Waals surface area contributed by atoms with Crippen molar-refractivity contribution in [3.63, 3.8) is 0 Å². The van der Waals surface area contributed by atoms with Gasteiger partial charge in [-0.05, 0) is 6.92 Å². The maximum atomic E-state index is 9.24. The van der Waals surface area contributed by atoms with E-state index in [2.05, 4.69) is 10.1 Å². The Balaban J connectivity index is 2.08. The summed E-state index contributed by atoms with van der Waals surface area (Å²) >= 11 is 1.86. The maximum absolute atomic E-state index is 9.24. The third kappa shape index (κ3) is 1.77. The van der Waals surface area contributed by atoms with Crippen LogP contribution in [0.5, 0.6) is 0 Å². The fourth-order valence-electron chi connectivity index (χ4n) is 1.14. The quantitative estimate of drug-likeness (QED) is 0.753. The Labute approximate surface area is 86.1 Å². The van der Waals surface area contributed by atoms with E-state index in [1.54, 1.807) is 6.92 Å². The molecule has 0 bridgehead atoms. The summed E-state index contributed by atoms with van der Waals surface area (Å²) < 4.78 is 4.99. The largest absolute Gasteiger partial charge is 0.391 e. The zero-order chi connectivity index (χ0) is 10.1. The Kier molecular flexibility index (Phi) is 2.76. The van der Waals surface area contributed by atoms with Crippen LogP contribution in [-0.2, 0) is 0 Å². The first kappa shape index (κ1) is 9.95. The lowest BCUT2D eigenvalue weighted by atomic mass is 10.2. The highest BCUT2D eigenvalue weighted by molar-refractivity contribution is 8.00. The summed E-state index contributed by atoms with van der Waals surface area (Å²) in [5.41, 5.74) is 5.66. The van der Waals surface area contributed by atoms with Crippen LogP contribution in [-0.4, -0.2) is 32.9 Å². The number of hydrogen-bond acceptors (Lipinski definition) is 6. The summed E-state index contributed by atoms with van der Waals surface area (Å²) in [6.07, 6.45) is -0.668. The molecule has 0 radical (unpaired) electrons. The Morgan fingerprint density at radius 3 is 2.86 bits per heavy atom. The summed E-state index contributed by atoms with van der Waals surface area (Å²) in [5, 5.41) is 13.1. The van der Waals surface area contributed by atoms with Crippen molar-refractivity contribution in [3.8, 4) is 0 Å². The van der Waals surface area contributed by atoms with Gasteiger partial charge < -0.3 is 15.4 Å². The van der Waals surface area contributed by atoms with Gasteiger partial charge in [0, 0.05) is 17.4 Å². The lowest BCUT2D eigenvalue weighted by Crippen LogP contribution is -2.24. The van der Waals surface area contributed by atoms with Gasteiger partial charge in [-0.1, -0.05) is 5.16 Å². The van der Waals surface area contributed by atoms with Crippen LogP contribution < -0.4 is 5.73 Å². The highest BCUT2D eigenvalue weighted by Gasteiger charge is 2.27. The molecule has 0 amide bonds. The van der Waals surface area contributed by atoms with Crippen LogP contribution in [0.1, 0.15) is 30.6 Å². The predicted octanol–water partition coefficient (Wildman–Crippen LogP) is 0.281. The summed E-state index contributed by atoms with van der Waals surface area (Å²) in [6.45, 7) is 1.60. The standard InChI is InChI=1S/C8H13N3O2S/c1-4(12)6(9)8-10-7(11-13-8)5-2-14-3-5/h4-6,12H,2-3,9H2,1H3. The Morgan fingerprint density at radius 1 is 1.64 bits per heavy atom.